The van der Waals surface area contributed by atoms with E-state index in [9.17, 15) is 4.79 Å². The van der Waals surface area contributed by atoms with Crippen molar-refractivity contribution in [1.82, 2.24) is 20.0 Å². The van der Waals surface area contributed by atoms with E-state index in [-0.39, 0.29) is 29.9 Å². The fourth-order valence-corrected chi connectivity index (χ4v) is 3.32. The zero-order valence-corrected chi connectivity index (χ0v) is 17.6. The highest BCUT2D eigenvalue weighted by atomic mass is 127. The van der Waals surface area contributed by atoms with Gasteiger partial charge in [-0.3, -0.25) is 9.79 Å². The summed E-state index contributed by atoms with van der Waals surface area (Å²) < 4.78 is 0. The van der Waals surface area contributed by atoms with Crippen molar-refractivity contribution in [3.63, 3.8) is 0 Å². The van der Waals surface area contributed by atoms with E-state index in [1.807, 2.05) is 4.90 Å². The van der Waals surface area contributed by atoms with Crippen molar-refractivity contribution >= 4 is 35.8 Å². The molecule has 2 rings (SSSR count). The summed E-state index contributed by atoms with van der Waals surface area (Å²) in [6.07, 6.45) is 5.42. The Kier molecular flexibility index (Phi) is 10.6. The molecule has 0 radical (unpaired) electrons. The average Bonchev–Trinajstić information content (AvgIpc) is 2.83. The zero-order valence-electron chi connectivity index (χ0n) is 15.3. The lowest BCUT2D eigenvalue weighted by atomic mass is 10.2. The number of halogens is 1. The maximum Gasteiger partial charge on any atom is 0.219 e. The van der Waals surface area contributed by atoms with Gasteiger partial charge < -0.3 is 20.0 Å². The number of rotatable bonds is 4. The van der Waals surface area contributed by atoms with E-state index < -0.39 is 0 Å². The van der Waals surface area contributed by atoms with Crippen molar-refractivity contribution in [3.05, 3.63) is 0 Å². The van der Waals surface area contributed by atoms with Gasteiger partial charge in [-0.15, -0.1) is 24.0 Å². The van der Waals surface area contributed by atoms with E-state index in [2.05, 4.69) is 22.0 Å². The van der Waals surface area contributed by atoms with Crippen LogP contribution in [0, 0.1) is 0 Å². The Balaban J connectivity index is 0.00000288. The van der Waals surface area contributed by atoms with Crippen LogP contribution >= 0.6 is 24.0 Å². The largest absolute Gasteiger partial charge is 0.357 e. The van der Waals surface area contributed by atoms with Gasteiger partial charge in [0.15, 0.2) is 5.96 Å². The van der Waals surface area contributed by atoms with E-state index in [0.29, 0.717) is 0 Å². The van der Waals surface area contributed by atoms with Crippen LogP contribution in [0.5, 0.6) is 0 Å². The van der Waals surface area contributed by atoms with E-state index >= 15 is 0 Å². The number of likely N-dealkylation sites (tertiary alicyclic amines) is 1. The second-order valence-corrected chi connectivity index (χ2v) is 6.48. The number of nitrogens with zero attached hydrogens (tertiary/aromatic N) is 4. The lowest BCUT2D eigenvalue weighted by Crippen LogP contribution is -2.53. The molecule has 0 aromatic rings. The molecule has 0 aliphatic carbocycles. The van der Waals surface area contributed by atoms with Crippen LogP contribution in [0.3, 0.4) is 0 Å². The van der Waals surface area contributed by atoms with Crippen LogP contribution in [-0.2, 0) is 4.79 Å². The first-order chi connectivity index (χ1) is 11.2. The van der Waals surface area contributed by atoms with Gasteiger partial charge in [-0.1, -0.05) is 12.8 Å². The Labute approximate surface area is 164 Å². The van der Waals surface area contributed by atoms with E-state index in [4.69, 9.17) is 4.99 Å². The Morgan fingerprint density at radius 2 is 1.54 bits per heavy atom. The van der Waals surface area contributed by atoms with Crippen LogP contribution in [0.1, 0.15) is 39.5 Å². The molecule has 0 spiro atoms. The standard InChI is InChI=1S/C17H33N5O.HI/c1-3-18-17(22-14-12-21(13-15-22)16(2)23)19-8-11-20-9-6-4-5-7-10-20;/h3-15H2,1-2H3,(H,18,19);1H. The van der Waals surface area contributed by atoms with Gasteiger partial charge in [-0.2, -0.15) is 0 Å². The van der Waals surface area contributed by atoms with Crippen LogP contribution in [0.25, 0.3) is 0 Å². The normalized spacial score (nSPS) is 20.3. The first-order valence-electron chi connectivity index (χ1n) is 9.22. The van der Waals surface area contributed by atoms with Crippen LogP contribution < -0.4 is 5.32 Å². The molecule has 1 N–H and O–H groups in total. The molecule has 24 heavy (non-hydrogen) atoms. The van der Waals surface area contributed by atoms with Gasteiger partial charge in [-0.25, -0.2) is 0 Å². The third-order valence-electron chi connectivity index (χ3n) is 4.74. The number of piperazine rings is 1. The topological polar surface area (TPSA) is 51.2 Å². The van der Waals surface area contributed by atoms with Crippen molar-refractivity contribution in [3.8, 4) is 0 Å². The van der Waals surface area contributed by atoms with E-state index in [1.165, 1.54) is 38.8 Å². The number of nitrogens with one attached hydrogen (secondary N) is 1. The molecule has 0 aromatic heterocycles. The molecule has 0 saturated carbocycles. The third-order valence-corrected chi connectivity index (χ3v) is 4.74. The van der Waals surface area contributed by atoms with Crippen LogP contribution in [0.2, 0.25) is 0 Å². The average molecular weight is 451 g/mol. The highest BCUT2D eigenvalue weighted by molar-refractivity contribution is 14.0. The van der Waals surface area contributed by atoms with Gasteiger partial charge in [0.2, 0.25) is 5.91 Å². The Hall–Kier alpha value is -0.570. The van der Waals surface area contributed by atoms with E-state index in [0.717, 1.165) is 51.8 Å². The number of hydrogen-bond donors (Lipinski definition) is 1. The molecule has 0 unspecified atom stereocenters. The van der Waals surface area contributed by atoms with E-state index in [1.54, 1.807) is 6.92 Å². The number of carbonyl (C=O) groups is 1. The number of aliphatic imine (C=N–C) groups is 1. The summed E-state index contributed by atoms with van der Waals surface area (Å²) in [7, 11) is 0. The summed E-state index contributed by atoms with van der Waals surface area (Å²) >= 11 is 0. The Morgan fingerprint density at radius 1 is 0.958 bits per heavy atom. The molecule has 2 saturated heterocycles. The van der Waals surface area contributed by atoms with Crippen molar-refractivity contribution in [1.29, 1.82) is 0 Å². The van der Waals surface area contributed by atoms with Gasteiger partial charge in [0.1, 0.15) is 0 Å². The Bertz CT molecular complexity index is 388. The van der Waals surface area contributed by atoms with Gasteiger partial charge in [0.25, 0.3) is 0 Å². The summed E-state index contributed by atoms with van der Waals surface area (Å²) in [5.41, 5.74) is 0. The molecule has 2 fully saturated rings. The lowest BCUT2D eigenvalue weighted by Gasteiger charge is -2.36. The number of guanidine groups is 1. The molecule has 6 nitrogen and oxygen atoms in total. The predicted octanol–water partition coefficient (Wildman–Crippen LogP) is 1.61. The van der Waals surface area contributed by atoms with Gasteiger partial charge >= 0.3 is 0 Å². The minimum absolute atomic E-state index is 0. The molecule has 1 amide bonds. The molecular formula is C17H34IN5O. The molecule has 2 aliphatic rings. The summed E-state index contributed by atoms with van der Waals surface area (Å²) in [5.74, 6) is 1.18. The molecule has 2 heterocycles. The number of amides is 1. The Morgan fingerprint density at radius 3 is 2.08 bits per heavy atom. The van der Waals surface area contributed by atoms with Crippen LogP contribution in [0.15, 0.2) is 4.99 Å². The number of carbonyl (C=O) groups excluding carboxylic acids is 1. The van der Waals surface area contributed by atoms with Gasteiger partial charge in [-0.05, 0) is 32.9 Å². The highest BCUT2D eigenvalue weighted by Gasteiger charge is 2.20. The maximum atomic E-state index is 11.4. The van der Waals surface area contributed by atoms with Crippen molar-refractivity contribution < 1.29 is 4.79 Å². The SMILES string of the molecule is CCNC(=NCCN1CCCCCC1)N1CCN(C(C)=O)CC1.I. The fourth-order valence-electron chi connectivity index (χ4n) is 3.32. The molecular weight excluding hydrogens is 417 g/mol. The summed E-state index contributed by atoms with van der Waals surface area (Å²) in [6, 6.07) is 0. The van der Waals surface area contributed by atoms with Crippen molar-refractivity contribution in [2.45, 2.75) is 39.5 Å². The molecule has 2 aliphatic heterocycles. The molecule has 0 atom stereocenters. The molecule has 7 heteroatoms. The van der Waals surface area contributed by atoms with Crippen molar-refractivity contribution in [2.75, 3.05) is 58.9 Å². The maximum absolute atomic E-state index is 11.4. The second-order valence-electron chi connectivity index (χ2n) is 6.48. The lowest BCUT2D eigenvalue weighted by molar-refractivity contribution is -0.130. The molecule has 0 bridgehead atoms. The van der Waals surface area contributed by atoms with Gasteiger partial charge in [0.05, 0.1) is 6.54 Å². The quantitative estimate of drug-likeness (QED) is 0.401. The third kappa shape index (κ3) is 7.13. The summed E-state index contributed by atoms with van der Waals surface area (Å²) in [5, 5.41) is 3.40. The monoisotopic (exact) mass is 451 g/mol. The molecule has 140 valence electrons. The first-order valence-corrected chi connectivity index (χ1v) is 9.22. The smallest absolute Gasteiger partial charge is 0.219 e. The first kappa shape index (κ1) is 21.5. The van der Waals surface area contributed by atoms with Crippen molar-refractivity contribution in [2.24, 2.45) is 4.99 Å². The minimum atomic E-state index is 0. The zero-order chi connectivity index (χ0) is 16.5. The van der Waals surface area contributed by atoms with Crippen LogP contribution in [-0.4, -0.2) is 85.5 Å². The fraction of sp³-hybridized carbons (Fsp3) is 0.882. The summed E-state index contributed by atoms with van der Waals surface area (Å²) in [6.45, 7) is 12.3. The molecule has 0 aromatic carbocycles. The predicted molar refractivity (Wildman–Crippen MR) is 110 cm³/mol. The second kappa shape index (κ2) is 11.9. The number of hydrogen-bond acceptors (Lipinski definition) is 3. The minimum Gasteiger partial charge on any atom is -0.357 e. The highest BCUT2D eigenvalue weighted by Crippen LogP contribution is 2.09. The van der Waals surface area contributed by atoms with Gasteiger partial charge in [0, 0.05) is 46.2 Å². The summed E-state index contributed by atoms with van der Waals surface area (Å²) in [4.78, 5) is 23.0. The van der Waals surface area contributed by atoms with Crippen LogP contribution in [0.4, 0.5) is 0 Å².